The van der Waals surface area contributed by atoms with Gasteiger partial charge in [0.2, 0.25) is 0 Å². The Morgan fingerprint density at radius 3 is 1.25 bits per heavy atom. The molecule has 10 heteroatoms. The minimum absolute atomic E-state index is 0.154. The van der Waals surface area contributed by atoms with E-state index in [0.29, 0.717) is 0 Å². The average Bonchev–Trinajstić information content (AvgIpc) is 3.07. The molecule has 1 heterocycles. The molecule has 0 aromatic heterocycles. The molecule has 0 saturated carbocycles. The van der Waals surface area contributed by atoms with Crippen LogP contribution in [-0.4, -0.2) is 66.3 Å². The van der Waals surface area contributed by atoms with Crippen molar-refractivity contribution in [3.8, 4) is 0 Å². The second-order valence-electron chi connectivity index (χ2n) is 9.74. The summed E-state index contributed by atoms with van der Waals surface area (Å²) in [5.74, 6) is -3.21. The van der Waals surface area contributed by atoms with E-state index in [2.05, 4.69) is 0 Å². The number of aliphatic hydroxyl groups is 1. The number of benzene rings is 4. The van der Waals surface area contributed by atoms with Crippen LogP contribution in [0.25, 0.3) is 0 Å². The molecule has 1 saturated heterocycles. The number of rotatable bonds is 9. The molecule has 0 aliphatic carbocycles. The third kappa shape index (κ3) is 7.35. The lowest BCUT2D eigenvalue weighted by Crippen LogP contribution is -2.62. The molecule has 4 aromatic carbocycles. The van der Waals surface area contributed by atoms with Crippen LogP contribution in [0.3, 0.4) is 0 Å². The smallest absolute Gasteiger partial charge is 0.338 e. The Morgan fingerprint density at radius 1 is 0.500 bits per heavy atom. The maximum atomic E-state index is 13.3. The molecule has 1 N–H and O–H groups in total. The van der Waals surface area contributed by atoms with Gasteiger partial charge in [-0.2, -0.15) is 0 Å². The molecular formula is C34H28O10. The summed E-state index contributed by atoms with van der Waals surface area (Å²) in [6, 6.07) is 32.1. The van der Waals surface area contributed by atoms with Gasteiger partial charge in [-0.05, 0) is 48.5 Å². The number of ether oxygens (including phenoxy) is 5. The van der Waals surface area contributed by atoms with E-state index in [1.807, 2.05) is 0 Å². The zero-order valence-corrected chi connectivity index (χ0v) is 23.3. The summed E-state index contributed by atoms with van der Waals surface area (Å²) >= 11 is 0. The summed E-state index contributed by atoms with van der Waals surface area (Å²) in [6.07, 6.45) is -7.89. The van der Waals surface area contributed by atoms with Crippen LogP contribution in [0.15, 0.2) is 121 Å². The number of hydrogen-bond acceptors (Lipinski definition) is 10. The maximum Gasteiger partial charge on any atom is 0.338 e. The fourth-order valence-corrected chi connectivity index (χ4v) is 4.54. The predicted molar refractivity (Wildman–Crippen MR) is 155 cm³/mol. The van der Waals surface area contributed by atoms with Crippen LogP contribution in [0.2, 0.25) is 0 Å². The van der Waals surface area contributed by atoms with Crippen LogP contribution in [0.4, 0.5) is 0 Å². The van der Waals surface area contributed by atoms with Gasteiger partial charge in [0.1, 0.15) is 12.7 Å². The van der Waals surface area contributed by atoms with Gasteiger partial charge in [0, 0.05) is 0 Å². The molecule has 0 bridgehead atoms. The van der Waals surface area contributed by atoms with Gasteiger partial charge in [0.25, 0.3) is 0 Å². The molecule has 0 spiro atoms. The normalized spacial score (nSPS) is 21.0. The third-order valence-corrected chi connectivity index (χ3v) is 6.76. The van der Waals surface area contributed by atoms with E-state index in [1.165, 1.54) is 36.4 Å². The first kappa shape index (κ1) is 30.1. The Kier molecular flexibility index (Phi) is 9.75. The van der Waals surface area contributed by atoms with Crippen molar-refractivity contribution in [2.24, 2.45) is 0 Å². The SMILES string of the molecule is O=C(OCC1O[C@@H](O)C(OC(=O)c2ccccc2)C(OC(=O)c2ccccc2)[C@H]1OC(=O)c1ccccc1)c1ccccc1. The Hall–Kier alpha value is -5.32. The van der Waals surface area contributed by atoms with Crippen LogP contribution >= 0.6 is 0 Å². The molecule has 44 heavy (non-hydrogen) atoms. The van der Waals surface area contributed by atoms with E-state index in [9.17, 15) is 24.3 Å². The lowest BCUT2D eigenvalue weighted by atomic mass is 9.97. The Morgan fingerprint density at radius 2 is 0.841 bits per heavy atom. The van der Waals surface area contributed by atoms with E-state index >= 15 is 0 Å². The van der Waals surface area contributed by atoms with Crippen molar-refractivity contribution >= 4 is 23.9 Å². The van der Waals surface area contributed by atoms with Gasteiger partial charge < -0.3 is 28.8 Å². The standard InChI is InChI=1S/C34H28O10/c35-30(22-13-5-1-6-14-22)40-21-26-27(42-31(36)23-15-7-2-8-16-23)28(43-32(37)24-17-9-3-10-18-24)29(34(39)41-26)44-33(38)25-19-11-4-12-20-25/h1-20,26-29,34,39H,21H2/t26?,27-,28?,29?,34+/m0/s1. The molecule has 1 fully saturated rings. The topological polar surface area (TPSA) is 135 Å². The lowest BCUT2D eigenvalue weighted by Gasteiger charge is -2.42. The molecule has 5 rings (SSSR count). The summed E-state index contributed by atoms with van der Waals surface area (Å²) in [5, 5.41) is 11.1. The highest BCUT2D eigenvalue weighted by atomic mass is 16.7. The quantitative estimate of drug-likeness (QED) is 0.221. The minimum atomic E-state index is -1.86. The van der Waals surface area contributed by atoms with Gasteiger partial charge in [-0.15, -0.1) is 0 Å². The van der Waals surface area contributed by atoms with E-state index in [4.69, 9.17) is 23.7 Å². The van der Waals surface area contributed by atoms with E-state index < -0.39 is 61.2 Å². The lowest BCUT2D eigenvalue weighted by molar-refractivity contribution is -0.284. The molecule has 0 amide bonds. The molecule has 1 aliphatic rings. The Labute approximate surface area is 252 Å². The Balaban J connectivity index is 1.48. The summed E-state index contributed by atoms with van der Waals surface area (Å²) in [4.78, 5) is 52.3. The molecule has 1 aliphatic heterocycles. The number of carbonyl (C=O) groups is 4. The number of esters is 4. The first-order valence-corrected chi connectivity index (χ1v) is 13.7. The van der Waals surface area contributed by atoms with Crippen molar-refractivity contribution in [1.82, 2.24) is 0 Å². The largest absolute Gasteiger partial charge is 0.459 e. The maximum absolute atomic E-state index is 13.3. The number of carbonyl (C=O) groups excluding carboxylic acids is 4. The highest BCUT2D eigenvalue weighted by molar-refractivity contribution is 5.91. The van der Waals surface area contributed by atoms with Crippen molar-refractivity contribution in [2.75, 3.05) is 6.61 Å². The molecular weight excluding hydrogens is 568 g/mol. The van der Waals surface area contributed by atoms with Gasteiger partial charge in [0.15, 0.2) is 24.6 Å². The van der Waals surface area contributed by atoms with Crippen molar-refractivity contribution < 1.29 is 48.0 Å². The summed E-state index contributed by atoms with van der Waals surface area (Å²) in [6.45, 7) is -0.504. The van der Waals surface area contributed by atoms with E-state index in [-0.39, 0.29) is 22.3 Å². The van der Waals surface area contributed by atoms with Gasteiger partial charge in [-0.3, -0.25) is 0 Å². The first-order chi connectivity index (χ1) is 21.4. The van der Waals surface area contributed by atoms with Crippen molar-refractivity contribution in [3.63, 3.8) is 0 Å². The fraction of sp³-hybridized carbons (Fsp3) is 0.176. The highest BCUT2D eigenvalue weighted by Crippen LogP contribution is 2.30. The molecule has 4 aromatic rings. The van der Waals surface area contributed by atoms with Crippen molar-refractivity contribution in [3.05, 3.63) is 144 Å². The number of aliphatic hydroxyl groups excluding tert-OH is 1. The van der Waals surface area contributed by atoms with Gasteiger partial charge in [-0.25, -0.2) is 19.2 Å². The molecule has 3 unspecified atom stereocenters. The predicted octanol–water partition coefficient (Wildman–Crippen LogP) is 4.24. The summed E-state index contributed by atoms with van der Waals surface area (Å²) in [7, 11) is 0. The van der Waals surface area contributed by atoms with Crippen LogP contribution in [0.5, 0.6) is 0 Å². The average molecular weight is 597 g/mol. The second-order valence-corrected chi connectivity index (χ2v) is 9.74. The van der Waals surface area contributed by atoms with Crippen molar-refractivity contribution in [2.45, 2.75) is 30.7 Å². The number of hydrogen-bond donors (Lipinski definition) is 1. The summed E-state index contributed by atoms with van der Waals surface area (Å²) in [5.41, 5.74) is 0.736. The van der Waals surface area contributed by atoms with E-state index in [1.54, 1.807) is 84.9 Å². The molecule has 10 nitrogen and oxygen atoms in total. The first-order valence-electron chi connectivity index (χ1n) is 13.7. The monoisotopic (exact) mass is 596 g/mol. The third-order valence-electron chi connectivity index (χ3n) is 6.76. The fourth-order valence-electron chi connectivity index (χ4n) is 4.54. The van der Waals surface area contributed by atoms with E-state index in [0.717, 1.165) is 0 Å². The van der Waals surface area contributed by atoms with Crippen LogP contribution in [0, 0.1) is 0 Å². The van der Waals surface area contributed by atoms with Crippen molar-refractivity contribution in [1.29, 1.82) is 0 Å². The highest BCUT2D eigenvalue weighted by Gasteiger charge is 2.52. The minimum Gasteiger partial charge on any atom is -0.459 e. The summed E-state index contributed by atoms with van der Waals surface area (Å²) < 4.78 is 28.4. The Bertz CT molecular complexity index is 1560. The van der Waals surface area contributed by atoms with Crippen LogP contribution in [-0.2, 0) is 23.7 Å². The van der Waals surface area contributed by atoms with Gasteiger partial charge >= 0.3 is 23.9 Å². The van der Waals surface area contributed by atoms with Crippen LogP contribution in [0.1, 0.15) is 41.4 Å². The second kappa shape index (κ2) is 14.2. The van der Waals surface area contributed by atoms with Gasteiger partial charge in [-0.1, -0.05) is 72.8 Å². The molecule has 0 radical (unpaired) electrons. The zero-order chi connectivity index (χ0) is 30.9. The van der Waals surface area contributed by atoms with Gasteiger partial charge in [0.05, 0.1) is 22.3 Å². The van der Waals surface area contributed by atoms with Crippen LogP contribution < -0.4 is 0 Å². The molecule has 5 atom stereocenters. The zero-order valence-electron chi connectivity index (χ0n) is 23.3. The molecule has 224 valence electrons.